The number of unbranched alkanes of at least 4 members (excludes halogenated alkanes) is 4. The summed E-state index contributed by atoms with van der Waals surface area (Å²) in [6, 6.07) is 7.89. The maximum Gasteiger partial charge on any atom is 0.231 e. The standard InChI is InChI=1S/C23H36ClN3O2/c1-4-5-6-7-8-9-21(28)27-16-14-26(15-17-27)20-12-10-19(11-13-20)25-22(29)23(2,3)18-24/h10-13H,4-9,14-18H2,1-3H3,(H,25,29). The summed E-state index contributed by atoms with van der Waals surface area (Å²) in [6.45, 7) is 9.09. The average molecular weight is 422 g/mol. The first-order valence-corrected chi connectivity index (χ1v) is 11.4. The van der Waals surface area contributed by atoms with Gasteiger partial charge in [0.05, 0.1) is 5.41 Å². The fourth-order valence-corrected chi connectivity index (χ4v) is 3.49. The minimum atomic E-state index is -0.598. The second-order valence-corrected chi connectivity index (χ2v) is 8.82. The zero-order valence-electron chi connectivity index (χ0n) is 18.2. The minimum Gasteiger partial charge on any atom is -0.368 e. The lowest BCUT2D eigenvalue weighted by Gasteiger charge is -2.36. The molecule has 1 aliphatic heterocycles. The molecule has 2 amide bonds. The monoisotopic (exact) mass is 421 g/mol. The van der Waals surface area contributed by atoms with Crippen LogP contribution in [0, 0.1) is 5.41 Å². The van der Waals surface area contributed by atoms with E-state index in [9.17, 15) is 9.59 Å². The van der Waals surface area contributed by atoms with Crippen molar-refractivity contribution in [2.24, 2.45) is 5.41 Å². The molecule has 5 nitrogen and oxygen atoms in total. The van der Waals surface area contributed by atoms with Crippen LogP contribution in [0.25, 0.3) is 0 Å². The van der Waals surface area contributed by atoms with Crippen LogP contribution >= 0.6 is 11.6 Å². The highest BCUT2D eigenvalue weighted by atomic mass is 35.5. The van der Waals surface area contributed by atoms with Crippen LogP contribution in [0.15, 0.2) is 24.3 Å². The lowest BCUT2D eigenvalue weighted by Crippen LogP contribution is -2.48. The smallest absolute Gasteiger partial charge is 0.231 e. The number of halogens is 1. The third-order valence-corrected chi connectivity index (χ3v) is 6.23. The van der Waals surface area contributed by atoms with Gasteiger partial charge in [0, 0.05) is 49.9 Å². The van der Waals surface area contributed by atoms with Gasteiger partial charge in [-0.3, -0.25) is 9.59 Å². The quantitative estimate of drug-likeness (QED) is 0.431. The molecule has 29 heavy (non-hydrogen) atoms. The van der Waals surface area contributed by atoms with Gasteiger partial charge in [0.15, 0.2) is 0 Å². The summed E-state index contributed by atoms with van der Waals surface area (Å²) in [7, 11) is 0. The molecule has 1 fully saturated rings. The summed E-state index contributed by atoms with van der Waals surface area (Å²) in [5.41, 5.74) is 1.29. The SMILES string of the molecule is CCCCCCCC(=O)N1CCN(c2ccc(NC(=O)C(C)(C)CCl)cc2)CC1. The molecule has 6 heteroatoms. The second kappa shape index (κ2) is 11.4. The number of carbonyl (C=O) groups is 2. The van der Waals surface area contributed by atoms with Crippen molar-refractivity contribution in [3.05, 3.63) is 24.3 Å². The molecule has 2 rings (SSSR count). The number of alkyl halides is 1. The van der Waals surface area contributed by atoms with Gasteiger partial charge in [-0.25, -0.2) is 0 Å². The molecule has 1 aromatic rings. The molecule has 1 aromatic carbocycles. The van der Waals surface area contributed by atoms with E-state index in [1.54, 1.807) is 0 Å². The maximum atomic E-state index is 12.4. The summed E-state index contributed by atoms with van der Waals surface area (Å²) >= 11 is 5.87. The third kappa shape index (κ3) is 7.22. The van der Waals surface area contributed by atoms with E-state index >= 15 is 0 Å². The normalized spacial score (nSPS) is 14.8. The van der Waals surface area contributed by atoms with Crippen LogP contribution in [0.5, 0.6) is 0 Å². The molecule has 0 spiro atoms. The highest BCUT2D eigenvalue weighted by molar-refractivity contribution is 6.20. The van der Waals surface area contributed by atoms with Gasteiger partial charge in [0.2, 0.25) is 11.8 Å². The summed E-state index contributed by atoms with van der Waals surface area (Å²) in [6.07, 6.45) is 6.57. The summed E-state index contributed by atoms with van der Waals surface area (Å²) in [5, 5.41) is 2.92. The van der Waals surface area contributed by atoms with Crippen molar-refractivity contribution in [1.29, 1.82) is 0 Å². The Hall–Kier alpha value is -1.75. The van der Waals surface area contributed by atoms with Crippen LogP contribution in [0.1, 0.15) is 59.3 Å². The molecule has 162 valence electrons. The molecule has 0 radical (unpaired) electrons. The number of benzene rings is 1. The fraction of sp³-hybridized carbons (Fsp3) is 0.652. The number of nitrogens with one attached hydrogen (secondary N) is 1. The average Bonchev–Trinajstić information content (AvgIpc) is 2.74. The summed E-state index contributed by atoms with van der Waals surface area (Å²) in [4.78, 5) is 28.9. The van der Waals surface area contributed by atoms with Gasteiger partial charge >= 0.3 is 0 Å². The van der Waals surface area contributed by atoms with Crippen molar-refractivity contribution < 1.29 is 9.59 Å². The Labute approximate surface area is 180 Å². The first kappa shape index (κ1) is 23.5. The number of rotatable bonds is 10. The van der Waals surface area contributed by atoms with Crippen molar-refractivity contribution in [2.75, 3.05) is 42.3 Å². The lowest BCUT2D eigenvalue weighted by molar-refractivity contribution is -0.131. The number of piperazine rings is 1. The van der Waals surface area contributed by atoms with E-state index in [2.05, 4.69) is 17.1 Å². The molecule has 0 atom stereocenters. The van der Waals surface area contributed by atoms with Gasteiger partial charge < -0.3 is 15.1 Å². The van der Waals surface area contributed by atoms with Gasteiger partial charge in [-0.15, -0.1) is 11.6 Å². The summed E-state index contributed by atoms with van der Waals surface area (Å²) in [5.74, 6) is 0.488. The Morgan fingerprint density at radius 3 is 2.21 bits per heavy atom. The van der Waals surface area contributed by atoms with E-state index in [1.165, 1.54) is 19.3 Å². The molecule has 0 aromatic heterocycles. The summed E-state index contributed by atoms with van der Waals surface area (Å²) < 4.78 is 0. The Bertz CT molecular complexity index is 653. The van der Waals surface area contributed by atoms with Gasteiger partial charge in [-0.2, -0.15) is 0 Å². The maximum absolute atomic E-state index is 12.4. The van der Waals surface area contributed by atoms with Gasteiger partial charge in [-0.05, 0) is 44.5 Å². The van der Waals surface area contributed by atoms with Crippen LogP contribution in [-0.4, -0.2) is 48.8 Å². The first-order valence-electron chi connectivity index (χ1n) is 10.9. The van der Waals surface area contributed by atoms with Crippen molar-refractivity contribution in [1.82, 2.24) is 4.90 Å². The van der Waals surface area contributed by atoms with E-state index in [0.717, 1.165) is 50.4 Å². The first-order chi connectivity index (χ1) is 13.9. The molecular weight excluding hydrogens is 386 g/mol. The zero-order chi connectivity index (χ0) is 21.3. The van der Waals surface area contributed by atoms with Crippen molar-refractivity contribution >= 4 is 34.8 Å². The number of carbonyl (C=O) groups excluding carboxylic acids is 2. The molecule has 1 aliphatic rings. The van der Waals surface area contributed by atoms with Gasteiger partial charge in [-0.1, -0.05) is 32.6 Å². The van der Waals surface area contributed by atoms with Crippen LogP contribution in [0.3, 0.4) is 0 Å². The fourth-order valence-electron chi connectivity index (χ4n) is 3.37. The number of hydrogen-bond donors (Lipinski definition) is 1. The lowest BCUT2D eigenvalue weighted by atomic mass is 9.95. The topological polar surface area (TPSA) is 52.7 Å². The van der Waals surface area contributed by atoms with Gasteiger partial charge in [0.25, 0.3) is 0 Å². The van der Waals surface area contributed by atoms with Crippen LogP contribution in [0.4, 0.5) is 11.4 Å². The molecule has 0 aliphatic carbocycles. The van der Waals surface area contributed by atoms with Crippen molar-refractivity contribution in [3.63, 3.8) is 0 Å². The van der Waals surface area contributed by atoms with E-state index in [4.69, 9.17) is 11.6 Å². The Morgan fingerprint density at radius 2 is 1.62 bits per heavy atom. The second-order valence-electron chi connectivity index (χ2n) is 8.55. The van der Waals surface area contributed by atoms with Crippen molar-refractivity contribution in [3.8, 4) is 0 Å². The third-order valence-electron chi connectivity index (χ3n) is 5.57. The number of hydrogen-bond acceptors (Lipinski definition) is 3. The largest absolute Gasteiger partial charge is 0.368 e. The zero-order valence-corrected chi connectivity index (χ0v) is 18.9. The van der Waals surface area contributed by atoms with E-state index in [0.29, 0.717) is 12.3 Å². The Kier molecular flexibility index (Phi) is 9.28. The minimum absolute atomic E-state index is 0.0814. The molecule has 1 heterocycles. The van der Waals surface area contributed by atoms with Crippen LogP contribution < -0.4 is 10.2 Å². The van der Waals surface area contributed by atoms with E-state index in [1.807, 2.05) is 43.0 Å². The molecular formula is C23H36ClN3O2. The van der Waals surface area contributed by atoms with Crippen LogP contribution in [0.2, 0.25) is 0 Å². The molecule has 1 saturated heterocycles. The Morgan fingerprint density at radius 1 is 1.00 bits per heavy atom. The predicted octanol–water partition coefficient (Wildman–Crippen LogP) is 4.90. The molecule has 0 unspecified atom stereocenters. The number of nitrogens with zero attached hydrogens (tertiary/aromatic N) is 2. The van der Waals surface area contributed by atoms with Crippen LogP contribution in [-0.2, 0) is 9.59 Å². The van der Waals surface area contributed by atoms with E-state index < -0.39 is 5.41 Å². The molecule has 1 N–H and O–H groups in total. The Balaban J connectivity index is 1.78. The van der Waals surface area contributed by atoms with Gasteiger partial charge in [0.1, 0.15) is 0 Å². The highest BCUT2D eigenvalue weighted by Crippen LogP contribution is 2.23. The molecule has 0 saturated carbocycles. The molecule has 0 bridgehead atoms. The van der Waals surface area contributed by atoms with E-state index in [-0.39, 0.29) is 11.8 Å². The highest BCUT2D eigenvalue weighted by Gasteiger charge is 2.26. The number of anilines is 2. The van der Waals surface area contributed by atoms with Crippen molar-refractivity contribution in [2.45, 2.75) is 59.3 Å². The number of amides is 2. The predicted molar refractivity (Wildman–Crippen MR) is 122 cm³/mol.